The van der Waals surface area contributed by atoms with E-state index in [2.05, 4.69) is 0 Å². The molecule has 1 atom stereocenters. The third-order valence-electron chi connectivity index (χ3n) is 2.64. The Morgan fingerprint density at radius 2 is 2.25 bits per heavy atom. The number of rotatable bonds is 2. The highest BCUT2D eigenvalue weighted by atomic mass is 16.5. The number of esters is 1. The van der Waals surface area contributed by atoms with E-state index in [9.17, 15) is 9.59 Å². The first-order chi connectivity index (χ1) is 7.61. The second-order valence-corrected chi connectivity index (χ2v) is 3.73. The van der Waals surface area contributed by atoms with Crippen LogP contribution in [0.1, 0.15) is 22.8 Å². The number of ketones is 1. The Balaban J connectivity index is 2.38. The molecule has 1 aliphatic rings. The molecule has 0 aromatic heterocycles. The Bertz CT molecular complexity index is 450. The first-order valence-electron chi connectivity index (χ1n) is 5.00. The predicted molar refractivity (Wildman–Crippen MR) is 56.6 cm³/mol. The summed E-state index contributed by atoms with van der Waals surface area (Å²) in [6.45, 7) is 1.42. The molecule has 84 valence electrons. The number of cyclic esters (lactones) is 1. The Kier molecular flexibility index (Phi) is 2.64. The van der Waals surface area contributed by atoms with Crippen LogP contribution in [0.25, 0.3) is 0 Å². The third-order valence-corrected chi connectivity index (χ3v) is 2.64. The van der Waals surface area contributed by atoms with Gasteiger partial charge in [0.25, 0.3) is 0 Å². The summed E-state index contributed by atoms with van der Waals surface area (Å²) in [5.41, 5.74) is 1.31. The average molecular weight is 220 g/mol. The van der Waals surface area contributed by atoms with Crippen molar-refractivity contribution in [1.82, 2.24) is 0 Å². The van der Waals surface area contributed by atoms with Crippen LogP contribution in [0.4, 0.5) is 0 Å². The highest BCUT2D eigenvalue weighted by Gasteiger charge is 2.29. The zero-order valence-corrected chi connectivity index (χ0v) is 9.15. The minimum absolute atomic E-state index is 0.130. The average Bonchev–Trinajstić information content (AvgIpc) is 2.28. The SMILES string of the molecule is COc1ccc2c(c1)C(=O)OC(C(C)=O)C2. The van der Waals surface area contributed by atoms with Crippen molar-refractivity contribution < 1.29 is 19.1 Å². The minimum atomic E-state index is -0.645. The highest BCUT2D eigenvalue weighted by Crippen LogP contribution is 2.25. The lowest BCUT2D eigenvalue weighted by Gasteiger charge is -2.22. The molecule has 0 aliphatic carbocycles. The van der Waals surface area contributed by atoms with Crippen molar-refractivity contribution >= 4 is 11.8 Å². The van der Waals surface area contributed by atoms with Gasteiger partial charge in [-0.3, -0.25) is 4.79 Å². The van der Waals surface area contributed by atoms with Gasteiger partial charge < -0.3 is 9.47 Å². The van der Waals surface area contributed by atoms with Crippen LogP contribution < -0.4 is 4.74 Å². The van der Waals surface area contributed by atoms with E-state index in [0.717, 1.165) is 5.56 Å². The monoisotopic (exact) mass is 220 g/mol. The molecule has 0 N–H and O–H groups in total. The van der Waals surface area contributed by atoms with Crippen molar-refractivity contribution in [2.45, 2.75) is 19.4 Å². The smallest absolute Gasteiger partial charge is 0.339 e. The van der Waals surface area contributed by atoms with Gasteiger partial charge in [0, 0.05) is 6.42 Å². The fourth-order valence-electron chi connectivity index (χ4n) is 1.71. The van der Waals surface area contributed by atoms with Crippen molar-refractivity contribution in [2.24, 2.45) is 0 Å². The zero-order valence-electron chi connectivity index (χ0n) is 9.15. The van der Waals surface area contributed by atoms with Crippen LogP contribution in [0.3, 0.4) is 0 Å². The standard InChI is InChI=1S/C12H12O4/c1-7(13)11-5-8-3-4-9(15-2)6-10(8)12(14)16-11/h3-4,6,11H,5H2,1-2H3. The number of fused-ring (bicyclic) bond motifs is 1. The van der Waals surface area contributed by atoms with Crippen LogP contribution in [-0.4, -0.2) is 25.0 Å². The Hall–Kier alpha value is -1.84. The lowest BCUT2D eigenvalue weighted by Crippen LogP contribution is -2.32. The van der Waals surface area contributed by atoms with Crippen molar-refractivity contribution in [1.29, 1.82) is 0 Å². The molecule has 0 saturated carbocycles. The summed E-state index contributed by atoms with van der Waals surface area (Å²) in [4.78, 5) is 22.8. The lowest BCUT2D eigenvalue weighted by atomic mass is 9.97. The number of methoxy groups -OCH3 is 1. The van der Waals surface area contributed by atoms with E-state index in [1.54, 1.807) is 18.2 Å². The maximum Gasteiger partial charge on any atom is 0.339 e. The van der Waals surface area contributed by atoms with Gasteiger partial charge >= 0.3 is 5.97 Å². The minimum Gasteiger partial charge on any atom is -0.497 e. The van der Waals surface area contributed by atoms with Crippen LogP contribution in [-0.2, 0) is 16.0 Å². The summed E-state index contributed by atoms with van der Waals surface area (Å²) < 4.78 is 10.1. The van der Waals surface area contributed by atoms with Gasteiger partial charge in [-0.15, -0.1) is 0 Å². The van der Waals surface area contributed by atoms with E-state index in [-0.39, 0.29) is 5.78 Å². The predicted octanol–water partition coefficient (Wildman–Crippen LogP) is 1.37. The number of carbonyl (C=O) groups is 2. The normalized spacial score (nSPS) is 18.6. The van der Waals surface area contributed by atoms with E-state index in [4.69, 9.17) is 9.47 Å². The quantitative estimate of drug-likeness (QED) is 0.706. The van der Waals surface area contributed by atoms with E-state index in [1.807, 2.05) is 0 Å². The maximum absolute atomic E-state index is 11.6. The topological polar surface area (TPSA) is 52.6 Å². The summed E-state index contributed by atoms with van der Waals surface area (Å²) in [6, 6.07) is 5.20. The molecule has 16 heavy (non-hydrogen) atoms. The van der Waals surface area contributed by atoms with Gasteiger partial charge in [-0.2, -0.15) is 0 Å². The largest absolute Gasteiger partial charge is 0.497 e. The summed E-state index contributed by atoms with van der Waals surface area (Å²) in [5, 5.41) is 0. The number of hydrogen-bond donors (Lipinski definition) is 0. The van der Waals surface area contributed by atoms with E-state index in [1.165, 1.54) is 14.0 Å². The number of hydrogen-bond acceptors (Lipinski definition) is 4. The Morgan fingerprint density at radius 1 is 1.50 bits per heavy atom. The lowest BCUT2D eigenvalue weighted by molar-refractivity contribution is -0.125. The van der Waals surface area contributed by atoms with Gasteiger partial charge in [-0.05, 0) is 24.6 Å². The molecule has 1 heterocycles. The summed E-state index contributed by atoms with van der Waals surface area (Å²) in [7, 11) is 1.54. The molecule has 0 bridgehead atoms. The highest BCUT2D eigenvalue weighted by molar-refractivity contribution is 5.96. The Labute approximate surface area is 93.2 Å². The molecule has 0 spiro atoms. The maximum atomic E-state index is 11.6. The molecule has 1 unspecified atom stereocenters. The first-order valence-corrected chi connectivity index (χ1v) is 5.00. The molecule has 2 rings (SSSR count). The zero-order chi connectivity index (χ0) is 11.7. The van der Waals surface area contributed by atoms with Crippen molar-refractivity contribution in [3.8, 4) is 5.75 Å². The van der Waals surface area contributed by atoms with E-state index >= 15 is 0 Å². The van der Waals surface area contributed by atoms with Gasteiger partial charge in [0.05, 0.1) is 12.7 Å². The van der Waals surface area contributed by atoms with Gasteiger partial charge in [0.2, 0.25) is 0 Å². The molecule has 0 radical (unpaired) electrons. The Morgan fingerprint density at radius 3 is 2.88 bits per heavy atom. The molecule has 1 aromatic carbocycles. The molecule has 1 aromatic rings. The van der Waals surface area contributed by atoms with Gasteiger partial charge in [0.15, 0.2) is 11.9 Å². The summed E-state index contributed by atoms with van der Waals surface area (Å²) >= 11 is 0. The summed E-state index contributed by atoms with van der Waals surface area (Å²) in [5.74, 6) is 0.0205. The fraction of sp³-hybridized carbons (Fsp3) is 0.333. The molecular formula is C12H12O4. The first kappa shape index (κ1) is 10.7. The number of ether oxygens (including phenoxy) is 2. The van der Waals surface area contributed by atoms with Gasteiger partial charge in [-0.25, -0.2) is 4.79 Å². The summed E-state index contributed by atoms with van der Waals surface area (Å²) in [6.07, 6.45) is -0.200. The van der Waals surface area contributed by atoms with Crippen LogP contribution in [0.5, 0.6) is 5.75 Å². The molecular weight excluding hydrogens is 208 g/mol. The van der Waals surface area contributed by atoms with Gasteiger partial charge in [0.1, 0.15) is 5.75 Å². The van der Waals surface area contributed by atoms with E-state index in [0.29, 0.717) is 17.7 Å². The van der Waals surface area contributed by atoms with Crippen LogP contribution in [0.15, 0.2) is 18.2 Å². The second kappa shape index (κ2) is 3.96. The number of carbonyl (C=O) groups excluding carboxylic acids is 2. The molecule has 4 nitrogen and oxygen atoms in total. The molecule has 0 saturated heterocycles. The molecule has 4 heteroatoms. The third kappa shape index (κ3) is 1.78. The van der Waals surface area contributed by atoms with Crippen LogP contribution in [0.2, 0.25) is 0 Å². The molecule has 1 aliphatic heterocycles. The van der Waals surface area contributed by atoms with Crippen molar-refractivity contribution in [3.63, 3.8) is 0 Å². The number of benzene rings is 1. The fourth-order valence-corrected chi connectivity index (χ4v) is 1.71. The van der Waals surface area contributed by atoms with E-state index < -0.39 is 12.1 Å². The molecule has 0 amide bonds. The van der Waals surface area contributed by atoms with Crippen molar-refractivity contribution in [2.75, 3.05) is 7.11 Å². The second-order valence-electron chi connectivity index (χ2n) is 3.73. The molecule has 0 fully saturated rings. The number of Topliss-reactive ketones (excluding diaryl/α,β-unsaturated/α-hetero) is 1. The van der Waals surface area contributed by atoms with Gasteiger partial charge in [-0.1, -0.05) is 6.07 Å². The van der Waals surface area contributed by atoms with Crippen LogP contribution >= 0.6 is 0 Å². The van der Waals surface area contributed by atoms with Crippen molar-refractivity contribution in [3.05, 3.63) is 29.3 Å². The van der Waals surface area contributed by atoms with Crippen LogP contribution in [0, 0.1) is 0 Å².